The highest BCUT2D eigenvalue weighted by Crippen LogP contribution is 2.23. The molecule has 0 radical (unpaired) electrons. The molecule has 130 valence electrons. The third-order valence-electron chi connectivity index (χ3n) is 4.46. The van der Waals surface area contributed by atoms with Crippen molar-refractivity contribution in [2.24, 2.45) is 0 Å². The standard InChI is InChI=1S/C20H22N2O3/c1-3-14-4-8-16(9-5-14)22-19(23)12-18(20(22)24)21-13-15-6-10-17(25-2)11-7-15/h4-11,18,21H,3,12-13H2,1-2H3. The lowest BCUT2D eigenvalue weighted by Crippen LogP contribution is -2.38. The second-order valence-corrected chi connectivity index (χ2v) is 6.07. The van der Waals surface area contributed by atoms with Gasteiger partial charge in [-0.3, -0.25) is 9.59 Å². The fourth-order valence-corrected chi connectivity index (χ4v) is 2.93. The van der Waals surface area contributed by atoms with Crippen molar-refractivity contribution in [3.8, 4) is 5.75 Å². The number of amides is 2. The van der Waals surface area contributed by atoms with Crippen molar-refractivity contribution in [3.63, 3.8) is 0 Å². The van der Waals surface area contributed by atoms with E-state index in [0.717, 1.165) is 17.7 Å². The molecule has 1 fully saturated rings. The molecule has 5 nitrogen and oxygen atoms in total. The fraction of sp³-hybridized carbons (Fsp3) is 0.300. The number of rotatable bonds is 6. The molecule has 1 atom stereocenters. The fourth-order valence-electron chi connectivity index (χ4n) is 2.93. The molecule has 2 aromatic carbocycles. The van der Waals surface area contributed by atoms with Gasteiger partial charge in [0.1, 0.15) is 5.75 Å². The van der Waals surface area contributed by atoms with Crippen LogP contribution in [0.3, 0.4) is 0 Å². The lowest BCUT2D eigenvalue weighted by Gasteiger charge is -2.16. The van der Waals surface area contributed by atoms with E-state index in [-0.39, 0.29) is 18.2 Å². The number of carbonyl (C=O) groups excluding carboxylic acids is 2. The highest BCUT2D eigenvalue weighted by Gasteiger charge is 2.39. The molecular weight excluding hydrogens is 316 g/mol. The maximum atomic E-state index is 12.6. The normalized spacial score (nSPS) is 17.2. The van der Waals surface area contributed by atoms with Gasteiger partial charge in [-0.1, -0.05) is 31.2 Å². The highest BCUT2D eigenvalue weighted by molar-refractivity contribution is 6.22. The van der Waals surface area contributed by atoms with Crippen molar-refractivity contribution in [2.45, 2.75) is 32.4 Å². The number of benzene rings is 2. The van der Waals surface area contributed by atoms with E-state index in [2.05, 4.69) is 12.2 Å². The van der Waals surface area contributed by atoms with E-state index in [1.54, 1.807) is 7.11 Å². The molecule has 1 aliphatic rings. The first-order valence-electron chi connectivity index (χ1n) is 8.44. The number of imide groups is 1. The van der Waals surface area contributed by atoms with Gasteiger partial charge in [0.25, 0.3) is 5.91 Å². The molecule has 1 aliphatic heterocycles. The smallest absolute Gasteiger partial charge is 0.251 e. The monoisotopic (exact) mass is 338 g/mol. The van der Waals surface area contributed by atoms with Crippen LogP contribution >= 0.6 is 0 Å². The summed E-state index contributed by atoms with van der Waals surface area (Å²) >= 11 is 0. The van der Waals surface area contributed by atoms with E-state index in [4.69, 9.17) is 4.74 Å². The average molecular weight is 338 g/mol. The first-order valence-corrected chi connectivity index (χ1v) is 8.44. The number of nitrogens with one attached hydrogen (secondary N) is 1. The van der Waals surface area contributed by atoms with E-state index < -0.39 is 6.04 Å². The Kier molecular flexibility index (Phi) is 5.14. The van der Waals surface area contributed by atoms with E-state index in [1.807, 2.05) is 48.5 Å². The molecule has 25 heavy (non-hydrogen) atoms. The van der Waals surface area contributed by atoms with Crippen LogP contribution in [-0.4, -0.2) is 25.0 Å². The van der Waals surface area contributed by atoms with Crippen molar-refractivity contribution in [3.05, 3.63) is 59.7 Å². The molecule has 0 spiro atoms. The summed E-state index contributed by atoms with van der Waals surface area (Å²) in [5.41, 5.74) is 2.85. The number of carbonyl (C=O) groups is 2. The molecule has 1 saturated heterocycles. The molecule has 0 aromatic heterocycles. The Morgan fingerprint density at radius 1 is 1.04 bits per heavy atom. The Morgan fingerprint density at radius 3 is 2.28 bits per heavy atom. The van der Waals surface area contributed by atoms with Crippen molar-refractivity contribution in [1.82, 2.24) is 5.32 Å². The van der Waals surface area contributed by atoms with Gasteiger partial charge in [-0.2, -0.15) is 0 Å². The molecule has 0 bridgehead atoms. The maximum Gasteiger partial charge on any atom is 0.251 e. The van der Waals surface area contributed by atoms with Crippen LogP contribution in [0.25, 0.3) is 0 Å². The summed E-state index contributed by atoms with van der Waals surface area (Å²) in [6.07, 6.45) is 1.11. The van der Waals surface area contributed by atoms with Crippen molar-refractivity contribution in [2.75, 3.05) is 12.0 Å². The second kappa shape index (κ2) is 7.49. The van der Waals surface area contributed by atoms with Gasteiger partial charge < -0.3 is 10.1 Å². The summed E-state index contributed by atoms with van der Waals surface area (Å²) in [4.78, 5) is 26.2. The molecule has 1 N–H and O–H groups in total. The number of hydrogen-bond acceptors (Lipinski definition) is 4. The largest absolute Gasteiger partial charge is 0.497 e. The third kappa shape index (κ3) is 3.72. The molecular formula is C20H22N2O3. The summed E-state index contributed by atoms with van der Waals surface area (Å²) in [5.74, 6) is 0.432. The van der Waals surface area contributed by atoms with Crippen molar-refractivity contribution >= 4 is 17.5 Å². The molecule has 2 aromatic rings. The molecule has 2 amide bonds. The summed E-state index contributed by atoms with van der Waals surface area (Å²) in [5, 5.41) is 3.18. The van der Waals surface area contributed by atoms with Crippen LogP contribution in [0.1, 0.15) is 24.5 Å². The molecule has 1 unspecified atom stereocenters. The summed E-state index contributed by atoms with van der Waals surface area (Å²) in [6, 6.07) is 14.7. The maximum absolute atomic E-state index is 12.6. The van der Waals surface area contributed by atoms with Gasteiger partial charge in [-0.25, -0.2) is 4.90 Å². The summed E-state index contributed by atoms with van der Waals surface area (Å²) < 4.78 is 5.13. The van der Waals surface area contributed by atoms with Gasteiger partial charge in [0, 0.05) is 6.54 Å². The third-order valence-corrected chi connectivity index (χ3v) is 4.46. The Balaban J connectivity index is 1.65. The quantitative estimate of drug-likeness (QED) is 0.823. The number of methoxy groups -OCH3 is 1. The molecule has 0 saturated carbocycles. The minimum Gasteiger partial charge on any atom is -0.497 e. The van der Waals surface area contributed by atoms with Crippen LogP contribution in [0.2, 0.25) is 0 Å². The minimum absolute atomic E-state index is 0.165. The first kappa shape index (κ1) is 17.2. The summed E-state index contributed by atoms with van der Waals surface area (Å²) in [7, 11) is 1.62. The number of aryl methyl sites for hydroxylation is 1. The van der Waals surface area contributed by atoms with E-state index in [0.29, 0.717) is 12.2 Å². The number of hydrogen-bond donors (Lipinski definition) is 1. The van der Waals surface area contributed by atoms with Crippen LogP contribution in [0, 0.1) is 0 Å². The molecule has 5 heteroatoms. The molecule has 1 heterocycles. The van der Waals surface area contributed by atoms with Crippen molar-refractivity contribution in [1.29, 1.82) is 0 Å². The first-order chi connectivity index (χ1) is 12.1. The Labute approximate surface area is 147 Å². The Bertz CT molecular complexity index is 754. The number of nitrogens with zero attached hydrogens (tertiary/aromatic N) is 1. The number of anilines is 1. The van der Waals surface area contributed by atoms with Crippen LogP contribution < -0.4 is 15.0 Å². The molecule has 3 rings (SSSR count). The van der Waals surface area contributed by atoms with Gasteiger partial charge in [0.15, 0.2) is 0 Å². The van der Waals surface area contributed by atoms with Crippen LogP contribution in [0.5, 0.6) is 5.75 Å². The lowest BCUT2D eigenvalue weighted by atomic mass is 10.1. The molecule has 0 aliphatic carbocycles. The van der Waals surface area contributed by atoms with Gasteiger partial charge in [-0.15, -0.1) is 0 Å². The van der Waals surface area contributed by atoms with E-state index in [1.165, 1.54) is 10.5 Å². The van der Waals surface area contributed by atoms with E-state index >= 15 is 0 Å². The highest BCUT2D eigenvalue weighted by atomic mass is 16.5. The average Bonchev–Trinajstić information content (AvgIpc) is 2.94. The minimum atomic E-state index is -0.486. The lowest BCUT2D eigenvalue weighted by molar-refractivity contribution is -0.121. The SMILES string of the molecule is CCc1ccc(N2C(=O)CC(NCc3ccc(OC)cc3)C2=O)cc1. The predicted octanol–water partition coefficient (Wildman–Crippen LogP) is 2.68. The zero-order valence-electron chi connectivity index (χ0n) is 14.5. The Hall–Kier alpha value is -2.66. The van der Waals surface area contributed by atoms with Gasteiger partial charge in [-0.05, 0) is 41.8 Å². The van der Waals surface area contributed by atoms with Gasteiger partial charge in [0.2, 0.25) is 5.91 Å². The van der Waals surface area contributed by atoms with E-state index in [9.17, 15) is 9.59 Å². The van der Waals surface area contributed by atoms with Crippen LogP contribution in [0.15, 0.2) is 48.5 Å². The Morgan fingerprint density at radius 2 is 1.68 bits per heavy atom. The topological polar surface area (TPSA) is 58.6 Å². The number of ether oxygens (including phenoxy) is 1. The van der Waals surface area contributed by atoms with Crippen LogP contribution in [0.4, 0.5) is 5.69 Å². The van der Waals surface area contributed by atoms with Crippen LogP contribution in [-0.2, 0) is 22.6 Å². The van der Waals surface area contributed by atoms with Gasteiger partial charge >= 0.3 is 0 Å². The predicted molar refractivity (Wildman–Crippen MR) is 96.6 cm³/mol. The summed E-state index contributed by atoms with van der Waals surface area (Å²) in [6.45, 7) is 2.59. The zero-order valence-corrected chi connectivity index (χ0v) is 14.5. The zero-order chi connectivity index (χ0) is 17.8. The van der Waals surface area contributed by atoms with Gasteiger partial charge in [0.05, 0.1) is 25.3 Å². The second-order valence-electron chi connectivity index (χ2n) is 6.07. The van der Waals surface area contributed by atoms with Crippen molar-refractivity contribution < 1.29 is 14.3 Å².